The van der Waals surface area contributed by atoms with Crippen LogP contribution < -0.4 is 4.74 Å². The topological polar surface area (TPSA) is 29.5 Å². The third kappa shape index (κ3) is 3.90. The fraction of sp³-hybridized carbons (Fsp3) is 0.350. The number of rotatable bonds is 3. The summed E-state index contributed by atoms with van der Waals surface area (Å²) in [4.78, 5) is 14.8. The van der Waals surface area contributed by atoms with E-state index in [0.29, 0.717) is 16.5 Å². The Labute approximate surface area is 148 Å². The molecule has 1 aliphatic heterocycles. The average molecular weight is 344 g/mol. The molecule has 0 saturated carbocycles. The molecular weight excluding hydrogens is 322 g/mol. The van der Waals surface area contributed by atoms with Gasteiger partial charge in [0.15, 0.2) is 0 Å². The highest BCUT2D eigenvalue weighted by Gasteiger charge is 2.24. The minimum absolute atomic E-state index is 0.0899. The molecule has 0 radical (unpaired) electrons. The Kier molecular flexibility index (Phi) is 5.41. The van der Waals surface area contributed by atoms with Gasteiger partial charge in [-0.3, -0.25) is 4.79 Å². The Morgan fingerprint density at radius 1 is 1.08 bits per heavy atom. The number of hydrogen-bond donors (Lipinski definition) is 0. The lowest BCUT2D eigenvalue weighted by atomic mass is 9.94. The second-order valence-electron chi connectivity index (χ2n) is 6.22. The summed E-state index contributed by atoms with van der Waals surface area (Å²) >= 11 is 5.92. The highest BCUT2D eigenvalue weighted by atomic mass is 35.5. The van der Waals surface area contributed by atoms with Crippen LogP contribution in [-0.2, 0) is 0 Å². The van der Waals surface area contributed by atoms with Crippen LogP contribution in [0.25, 0.3) is 0 Å². The van der Waals surface area contributed by atoms with Crippen LogP contribution in [0.5, 0.6) is 5.75 Å². The largest absolute Gasteiger partial charge is 0.497 e. The zero-order valence-electron chi connectivity index (χ0n) is 13.9. The standard InChI is InChI=1S/C20H22ClNO2/c1-24-19-11-7-15(8-12-19)17-4-2-3-13-22(14-17)20(23)16-5-9-18(21)10-6-16/h5-12,17H,2-4,13-14H2,1H3. The number of carbonyl (C=O) groups is 1. The van der Waals surface area contributed by atoms with Crippen molar-refractivity contribution >= 4 is 17.5 Å². The van der Waals surface area contributed by atoms with Crippen molar-refractivity contribution in [2.45, 2.75) is 25.2 Å². The second kappa shape index (κ2) is 7.71. The van der Waals surface area contributed by atoms with Crippen LogP contribution in [-0.4, -0.2) is 31.0 Å². The molecule has 0 spiro atoms. The minimum atomic E-state index is 0.0899. The lowest BCUT2D eigenvalue weighted by Gasteiger charge is -2.25. The number of methoxy groups -OCH3 is 1. The molecule has 1 amide bonds. The molecule has 2 aromatic rings. The zero-order chi connectivity index (χ0) is 16.9. The van der Waals surface area contributed by atoms with Crippen LogP contribution in [0, 0.1) is 0 Å². The van der Waals surface area contributed by atoms with E-state index in [0.717, 1.165) is 38.1 Å². The first-order chi connectivity index (χ1) is 11.7. The first-order valence-corrected chi connectivity index (χ1v) is 8.74. The van der Waals surface area contributed by atoms with Gasteiger partial charge in [0.1, 0.15) is 5.75 Å². The molecule has 1 unspecified atom stereocenters. The molecular formula is C20H22ClNO2. The van der Waals surface area contributed by atoms with Gasteiger partial charge in [-0.1, -0.05) is 30.2 Å². The van der Waals surface area contributed by atoms with E-state index in [1.54, 1.807) is 31.4 Å². The van der Waals surface area contributed by atoms with Gasteiger partial charge in [0.25, 0.3) is 5.91 Å². The SMILES string of the molecule is COc1ccc(C2CCCCN(C(=O)c3ccc(Cl)cc3)C2)cc1. The summed E-state index contributed by atoms with van der Waals surface area (Å²) in [5.41, 5.74) is 1.97. The van der Waals surface area contributed by atoms with Gasteiger partial charge >= 0.3 is 0 Å². The molecule has 0 aromatic heterocycles. The highest BCUT2D eigenvalue weighted by molar-refractivity contribution is 6.30. The van der Waals surface area contributed by atoms with Crippen molar-refractivity contribution < 1.29 is 9.53 Å². The van der Waals surface area contributed by atoms with Gasteiger partial charge < -0.3 is 9.64 Å². The van der Waals surface area contributed by atoms with Crippen molar-refractivity contribution in [3.8, 4) is 5.75 Å². The molecule has 24 heavy (non-hydrogen) atoms. The Morgan fingerprint density at radius 3 is 2.46 bits per heavy atom. The fourth-order valence-corrected chi connectivity index (χ4v) is 3.38. The lowest BCUT2D eigenvalue weighted by Crippen LogP contribution is -2.34. The van der Waals surface area contributed by atoms with Crippen LogP contribution in [0.15, 0.2) is 48.5 Å². The summed E-state index contributed by atoms with van der Waals surface area (Å²) in [6, 6.07) is 15.4. The smallest absolute Gasteiger partial charge is 0.253 e. The summed E-state index contributed by atoms with van der Waals surface area (Å²) in [6.07, 6.45) is 3.30. The predicted octanol–water partition coefficient (Wildman–Crippen LogP) is 4.76. The van der Waals surface area contributed by atoms with Crippen molar-refractivity contribution in [3.63, 3.8) is 0 Å². The van der Waals surface area contributed by atoms with E-state index in [9.17, 15) is 4.79 Å². The van der Waals surface area contributed by atoms with Gasteiger partial charge in [-0.15, -0.1) is 0 Å². The maximum absolute atomic E-state index is 12.8. The molecule has 0 N–H and O–H groups in total. The number of carbonyl (C=O) groups excluding carboxylic acids is 1. The molecule has 1 saturated heterocycles. The molecule has 1 atom stereocenters. The Bertz CT molecular complexity index is 682. The van der Waals surface area contributed by atoms with Gasteiger partial charge in [0.05, 0.1) is 7.11 Å². The maximum atomic E-state index is 12.8. The summed E-state index contributed by atoms with van der Waals surface area (Å²) < 4.78 is 5.23. The Hall–Kier alpha value is -2.00. The number of halogens is 1. The van der Waals surface area contributed by atoms with Crippen LogP contribution in [0.2, 0.25) is 5.02 Å². The number of amides is 1. The van der Waals surface area contributed by atoms with Crippen molar-refractivity contribution in [2.24, 2.45) is 0 Å². The number of benzene rings is 2. The zero-order valence-corrected chi connectivity index (χ0v) is 14.6. The maximum Gasteiger partial charge on any atom is 0.253 e. The first kappa shape index (κ1) is 16.8. The monoisotopic (exact) mass is 343 g/mol. The van der Waals surface area contributed by atoms with E-state index in [-0.39, 0.29) is 5.91 Å². The predicted molar refractivity (Wildman–Crippen MR) is 96.9 cm³/mol. The number of hydrogen-bond acceptors (Lipinski definition) is 2. The average Bonchev–Trinajstić information content (AvgIpc) is 2.88. The molecule has 1 aliphatic rings. The van der Waals surface area contributed by atoms with E-state index in [1.165, 1.54) is 5.56 Å². The summed E-state index contributed by atoms with van der Waals surface area (Å²) in [7, 11) is 1.67. The van der Waals surface area contributed by atoms with Gasteiger partial charge in [-0.25, -0.2) is 0 Å². The van der Waals surface area contributed by atoms with Gasteiger partial charge in [0, 0.05) is 29.6 Å². The summed E-state index contributed by atoms with van der Waals surface area (Å²) in [6.45, 7) is 1.57. The molecule has 0 aliphatic carbocycles. The van der Waals surface area contributed by atoms with Gasteiger partial charge in [0.2, 0.25) is 0 Å². The lowest BCUT2D eigenvalue weighted by molar-refractivity contribution is 0.0754. The molecule has 3 nitrogen and oxygen atoms in total. The molecule has 4 heteroatoms. The van der Waals surface area contributed by atoms with Crippen LogP contribution in [0.3, 0.4) is 0 Å². The molecule has 1 heterocycles. The number of ether oxygens (including phenoxy) is 1. The third-order valence-electron chi connectivity index (χ3n) is 4.64. The highest BCUT2D eigenvalue weighted by Crippen LogP contribution is 2.28. The van der Waals surface area contributed by atoms with Gasteiger partial charge in [-0.05, 0) is 54.8 Å². The van der Waals surface area contributed by atoms with Crippen molar-refractivity contribution in [3.05, 3.63) is 64.7 Å². The quantitative estimate of drug-likeness (QED) is 0.804. The summed E-state index contributed by atoms with van der Waals surface area (Å²) in [5, 5.41) is 0.651. The second-order valence-corrected chi connectivity index (χ2v) is 6.66. The van der Waals surface area contributed by atoms with E-state index in [1.807, 2.05) is 17.0 Å². The van der Waals surface area contributed by atoms with Crippen molar-refractivity contribution in [2.75, 3.05) is 20.2 Å². The third-order valence-corrected chi connectivity index (χ3v) is 4.89. The first-order valence-electron chi connectivity index (χ1n) is 8.36. The van der Waals surface area contributed by atoms with Crippen LogP contribution in [0.4, 0.5) is 0 Å². The molecule has 2 aromatic carbocycles. The van der Waals surface area contributed by atoms with E-state index in [4.69, 9.17) is 16.3 Å². The van der Waals surface area contributed by atoms with E-state index >= 15 is 0 Å². The van der Waals surface area contributed by atoms with Crippen LogP contribution >= 0.6 is 11.6 Å². The number of nitrogens with zero attached hydrogens (tertiary/aromatic N) is 1. The van der Waals surface area contributed by atoms with Gasteiger partial charge in [-0.2, -0.15) is 0 Å². The van der Waals surface area contributed by atoms with Crippen LogP contribution in [0.1, 0.15) is 41.1 Å². The van der Waals surface area contributed by atoms with Crippen molar-refractivity contribution in [1.29, 1.82) is 0 Å². The normalized spacial score (nSPS) is 18.1. The number of likely N-dealkylation sites (tertiary alicyclic amines) is 1. The van der Waals surface area contributed by atoms with Crippen molar-refractivity contribution in [1.82, 2.24) is 4.90 Å². The Morgan fingerprint density at radius 2 is 1.79 bits per heavy atom. The Balaban J connectivity index is 1.76. The molecule has 3 rings (SSSR count). The minimum Gasteiger partial charge on any atom is -0.497 e. The van der Waals surface area contributed by atoms with E-state index in [2.05, 4.69) is 12.1 Å². The van der Waals surface area contributed by atoms with E-state index < -0.39 is 0 Å². The summed E-state index contributed by atoms with van der Waals surface area (Å²) in [5.74, 6) is 1.32. The molecule has 1 fully saturated rings. The fourth-order valence-electron chi connectivity index (χ4n) is 3.25. The molecule has 126 valence electrons. The molecule has 0 bridgehead atoms.